The van der Waals surface area contributed by atoms with Gasteiger partial charge in [0.15, 0.2) is 0 Å². The van der Waals surface area contributed by atoms with Gasteiger partial charge in [0.2, 0.25) is 0 Å². The second kappa shape index (κ2) is 5.19. The zero-order valence-corrected chi connectivity index (χ0v) is 9.68. The predicted octanol–water partition coefficient (Wildman–Crippen LogP) is 3.39. The average molecular weight is 225 g/mol. The fourth-order valence-electron chi connectivity index (χ4n) is 1.90. The highest BCUT2D eigenvalue weighted by Crippen LogP contribution is 2.24. The second-order valence-corrected chi connectivity index (χ2v) is 3.68. The van der Waals surface area contributed by atoms with Crippen LogP contribution in [-0.4, -0.2) is 4.98 Å². The van der Waals surface area contributed by atoms with Gasteiger partial charge in [-0.1, -0.05) is 25.5 Å². The molecule has 0 aliphatic heterocycles. The highest BCUT2D eigenvalue weighted by atomic mass is 35.5. The third-order valence-corrected chi connectivity index (χ3v) is 2.63. The number of aromatic amines is 1. The van der Waals surface area contributed by atoms with E-state index >= 15 is 0 Å². The monoisotopic (exact) mass is 224 g/mol. The van der Waals surface area contributed by atoms with Crippen LogP contribution in [0.3, 0.4) is 0 Å². The molecular formula is C12H17ClN2. The Morgan fingerprint density at radius 2 is 2.13 bits per heavy atom. The Hall–Kier alpha value is -0.990. The van der Waals surface area contributed by atoms with Crippen molar-refractivity contribution in [3.63, 3.8) is 0 Å². The largest absolute Gasteiger partial charge is 0.361 e. The van der Waals surface area contributed by atoms with Crippen molar-refractivity contribution in [3.8, 4) is 0 Å². The van der Waals surface area contributed by atoms with E-state index in [1.807, 2.05) is 6.20 Å². The standard InChI is InChI=1S/C12H16N2.ClH/c1-2-4-11(13)9-5-3-6-12-10(9)7-8-14-12;/h3,5-8,11,14H,2,4,13H2,1H3;1H/t11-;/m1./s1. The van der Waals surface area contributed by atoms with Gasteiger partial charge in [-0.05, 0) is 24.1 Å². The molecule has 1 heterocycles. The lowest BCUT2D eigenvalue weighted by molar-refractivity contribution is 0.643. The van der Waals surface area contributed by atoms with Crippen molar-refractivity contribution in [3.05, 3.63) is 36.0 Å². The Bertz CT molecular complexity index is 422. The molecule has 0 aliphatic rings. The normalized spacial score (nSPS) is 12.4. The van der Waals surface area contributed by atoms with Crippen LogP contribution in [0.25, 0.3) is 10.9 Å². The van der Waals surface area contributed by atoms with E-state index < -0.39 is 0 Å². The van der Waals surface area contributed by atoms with E-state index in [2.05, 4.69) is 36.2 Å². The number of fused-ring (bicyclic) bond motifs is 1. The number of nitrogens with two attached hydrogens (primary N) is 1. The van der Waals surface area contributed by atoms with Gasteiger partial charge in [-0.25, -0.2) is 0 Å². The first-order valence-corrected chi connectivity index (χ1v) is 5.14. The first kappa shape index (κ1) is 12.1. The SMILES string of the molecule is CCC[C@@H](N)c1cccc2[nH]ccc12.Cl. The molecule has 0 fully saturated rings. The number of hydrogen-bond acceptors (Lipinski definition) is 1. The second-order valence-electron chi connectivity index (χ2n) is 3.68. The molecule has 0 unspecified atom stereocenters. The summed E-state index contributed by atoms with van der Waals surface area (Å²) in [6, 6.07) is 8.53. The summed E-state index contributed by atoms with van der Waals surface area (Å²) in [6.07, 6.45) is 4.14. The Labute approximate surface area is 96.3 Å². The van der Waals surface area contributed by atoms with Crippen molar-refractivity contribution in [2.45, 2.75) is 25.8 Å². The molecule has 2 rings (SSSR count). The minimum Gasteiger partial charge on any atom is -0.361 e. The summed E-state index contributed by atoms with van der Waals surface area (Å²) in [6.45, 7) is 2.16. The number of H-pyrrole nitrogens is 1. The highest BCUT2D eigenvalue weighted by molar-refractivity contribution is 5.85. The number of halogens is 1. The van der Waals surface area contributed by atoms with E-state index in [0.717, 1.165) is 12.8 Å². The smallest absolute Gasteiger partial charge is 0.0457 e. The van der Waals surface area contributed by atoms with Gasteiger partial charge in [0.1, 0.15) is 0 Å². The van der Waals surface area contributed by atoms with Crippen LogP contribution in [0.1, 0.15) is 31.4 Å². The van der Waals surface area contributed by atoms with Gasteiger partial charge in [0.25, 0.3) is 0 Å². The molecule has 1 aromatic carbocycles. The van der Waals surface area contributed by atoms with Crippen LogP contribution in [0.5, 0.6) is 0 Å². The van der Waals surface area contributed by atoms with Crippen LogP contribution in [0, 0.1) is 0 Å². The lowest BCUT2D eigenvalue weighted by atomic mass is 10.00. The van der Waals surface area contributed by atoms with Gasteiger partial charge in [-0.15, -0.1) is 12.4 Å². The van der Waals surface area contributed by atoms with Gasteiger partial charge >= 0.3 is 0 Å². The number of aromatic nitrogens is 1. The Morgan fingerprint density at radius 1 is 1.33 bits per heavy atom. The van der Waals surface area contributed by atoms with Gasteiger partial charge in [-0.2, -0.15) is 0 Å². The van der Waals surface area contributed by atoms with Gasteiger partial charge in [0.05, 0.1) is 0 Å². The molecule has 3 N–H and O–H groups in total. The summed E-state index contributed by atoms with van der Waals surface area (Å²) < 4.78 is 0. The summed E-state index contributed by atoms with van der Waals surface area (Å²) in [5.41, 5.74) is 8.55. The molecule has 2 nitrogen and oxygen atoms in total. The van der Waals surface area contributed by atoms with E-state index in [1.165, 1.54) is 16.5 Å². The predicted molar refractivity (Wildman–Crippen MR) is 67.4 cm³/mol. The molecule has 1 atom stereocenters. The number of hydrogen-bond donors (Lipinski definition) is 2. The van der Waals surface area contributed by atoms with Crippen molar-refractivity contribution in [2.24, 2.45) is 5.73 Å². The van der Waals surface area contributed by atoms with E-state index in [9.17, 15) is 0 Å². The number of nitrogens with one attached hydrogen (secondary N) is 1. The van der Waals surface area contributed by atoms with Crippen LogP contribution in [-0.2, 0) is 0 Å². The minimum absolute atomic E-state index is 0. The summed E-state index contributed by atoms with van der Waals surface area (Å²) in [7, 11) is 0. The molecule has 0 spiro atoms. The molecule has 15 heavy (non-hydrogen) atoms. The average Bonchev–Trinajstić information content (AvgIpc) is 2.65. The highest BCUT2D eigenvalue weighted by Gasteiger charge is 2.08. The van der Waals surface area contributed by atoms with Crippen LogP contribution in [0.4, 0.5) is 0 Å². The fraction of sp³-hybridized carbons (Fsp3) is 0.333. The Balaban J connectivity index is 0.00000112. The van der Waals surface area contributed by atoms with Crippen molar-refractivity contribution < 1.29 is 0 Å². The molecule has 0 saturated carbocycles. The lowest BCUT2D eigenvalue weighted by Gasteiger charge is -2.11. The molecule has 0 aliphatic carbocycles. The maximum Gasteiger partial charge on any atom is 0.0457 e. The van der Waals surface area contributed by atoms with Crippen molar-refractivity contribution in [1.82, 2.24) is 4.98 Å². The lowest BCUT2D eigenvalue weighted by Crippen LogP contribution is -2.09. The topological polar surface area (TPSA) is 41.8 Å². The summed E-state index contributed by atoms with van der Waals surface area (Å²) in [5, 5.41) is 1.26. The van der Waals surface area contributed by atoms with E-state index in [0.29, 0.717) is 0 Å². The van der Waals surface area contributed by atoms with Crippen LogP contribution in [0.15, 0.2) is 30.5 Å². The van der Waals surface area contributed by atoms with Gasteiger partial charge in [0, 0.05) is 23.1 Å². The Morgan fingerprint density at radius 3 is 2.87 bits per heavy atom. The van der Waals surface area contributed by atoms with Crippen LogP contribution < -0.4 is 5.73 Å². The van der Waals surface area contributed by atoms with Crippen molar-refractivity contribution in [1.29, 1.82) is 0 Å². The molecule has 0 saturated heterocycles. The quantitative estimate of drug-likeness (QED) is 0.825. The summed E-state index contributed by atoms with van der Waals surface area (Å²) in [5.74, 6) is 0. The first-order chi connectivity index (χ1) is 6.83. The third kappa shape index (κ3) is 2.33. The van der Waals surface area contributed by atoms with Gasteiger partial charge < -0.3 is 10.7 Å². The molecule has 0 amide bonds. The Kier molecular flexibility index (Phi) is 4.18. The van der Waals surface area contributed by atoms with E-state index in [-0.39, 0.29) is 18.4 Å². The number of rotatable bonds is 3. The van der Waals surface area contributed by atoms with Gasteiger partial charge in [-0.3, -0.25) is 0 Å². The van der Waals surface area contributed by atoms with Crippen LogP contribution >= 0.6 is 12.4 Å². The molecule has 1 aromatic heterocycles. The van der Waals surface area contributed by atoms with Crippen LogP contribution in [0.2, 0.25) is 0 Å². The summed E-state index contributed by atoms with van der Waals surface area (Å²) >= 11 is 0. The molecule has 82 valence electrons. The molecule has 3 heteroatoms. The zero-order chi connectivity index (χ0) is 9.97. The maximum absolute atomic E-state index is 6.12. The van der Waals surface area contributed by atoms with E-state index in [1.54, 1.807) is 0 Å². The van der Waals surface area contributed by atoms with Crippen molar-refractivity contribution in [2.75, 3.05) is 0 Å². The zero-order valence-electron chi connectivity index (χ0n) is 8.86. The number of benzene rings is 1. The molecule has 0 bridgehead atoms. The fourth-order valence-corrected chi connectivity index (χ4v) is 1.90. The maximum atomic E-state index is 6.12. The first-order valence-electron chi connectivity index (χ1n) is 5.14. The molecular weight excluding hydrogens is 208 g/mol. The third-order valence-electron chi connectivity index (χ3n) is 2.63. The molecule has 2 aromatic rings. The minimum atomic E-state index is 0. The summed E-state index contributed by atoms with van der Waals surface area (Å²) in [4.78, 5) is 3.20. The molecule has 0 radical (unpaired) electrons. The van der Waals surface area contributed by atoms with E-state index in [4.69, 9.17) is 5.73 Å². The van der Waals surface area contributed by atoms with Crippen molar-refractivity contribution >= 4 is 23.3 Å².